The van der Waals surface area contributed by atoms with Crippen LogP contribution in [0.4, 0.5) is 0 Å². The lowest BCUT2D eigenvalue weighted by atomic mass is 9.81. The highest BCUT2D eigenvalue weighted by atomic mass is 16.2. The third-order valence-corrected chi connectivity index (χ3v) is 4.79. The van der Waals surface area contributed by atoms with Gasteiger partial charge in [0.05, 0.1) is 11.8 Å². The first-order valence-electron chi connectivity index (χ1n) is 8.43. The molecule has 3 unspecified atom stereocenters. The Labute approximate surface area is 131 Å². The molecule has 0 radical (unpaired) electrons. The maximum absolute atomic E-state index is 12.3. The number of hydrogen-bond donors (Lipinski definition) is 2. The summed E-state index contributed by atoms with van der Waals surface area (Å²) in [6, 6.07) is -0.0810. The maximum atomic E-state index is 12.3. The van der Waals surface area contributed by atoms with Gasteiger partial charge in [0.15, 0.2) is 0 Å². The Kier molecular flexibility index (Phi) is 5.94. The van der Waals surface area contributed by atoms with Gasteiger partial charge < -0.3 is 11.1 Å². The highest BCUT2D eigenvalue weighted by molar-refractivity contribution is 6.07. The Morgan fingerprint density at radius 1 is 1.27 bits per heavy atom. The van der Waals surface area contributed by atoms with Crippen molar-refractivity contribution >= 4 is 17.7 Å². The molecule has 1 aliphatic heterocycles. The molecule has 1 saturated carbocycles. The van der Waals surface area contributed by atoms with Gasteiger partial charge in [0.2, 0.25) is 17.7 Å². The first-order chi connectivity index (χ1) is 10.6. The maximum Gasteiger partial charge on any atom is 0.240 e. The third kappa shape index (κ3) is 3.66. The van der Waals surface area contributed by atoms with Crippen LogP contribution >= 0.6 is 0 Å². The molecule has 0 spiro atoms. The second-order valence-electron chi connectivity index (χ2n) is 6.40. The largest absolute Gasteiger partial charge is 0.351 e. The molecular weight excluding hydrogens is 282 g/mol. The smallest absolute Gasteiger partial charge is 0.240 e. The molecule has 3 atom stereocenters. The molecule has 0 bridgehead atoms. The molecule has 124 valence electrons. The van der Waals surface area contributed by atoms with Gasteiger partial charge in [0.25, 0.3) is 0 Å². The minimum absolute atomic E-state index is 0.0810. The number of carbonyl (C=O) groups excluding carboxylic acids is 3. The van der Waals surface area contributed by atoms with Crippen LogP contribution < -0.4 is 11.1 Å². The summed E-state index contributed by atoms with van der Waals surface area (Å²) in [5.41, 5.74) is 5.66. The number of rotatable bonds is 7. The fraction of sp³-hybridized carbons (Fsp3) is 0.812. The molecule has 1 heterocycles. The first-order valence-corrected chi connectivity index (χ1v) is 8.43. The number of amides is 3. The van der Waals surface area contributed by atoms with E-state index in [2.05, 4.69) is 12.2 Å². The van der Waals surface area contributed by atoms with Gasteiger partial charge in [-0.2, -0.15) is 0 Å². The molecule has 0 aromatic heterocycles. The van der Waals surface area contributed by atoms with E-state index in [0.717, 1.165) is 49.8 Å². The van der Waals surface area contributed by atoms with Crippen LogP contribution in [-0.2, 0) is 14.4 Å². The van der Waals surface area contributed by atoms with Gasteiger partial charge in [-0.15, -0.1) is 0 Å². The quantitative estimate of drug-likeness (QED) is 0.680. The van der Waals surface area contributed by atoms with Gasteiger partial charge in [-0.3, -0.25) is 19.3 Å². The molecule has 0 aromatic carbocycles. The van der Waals surface area contributed by atoms with Gasteiger partial charge in [-0.05, 0) is 19.3 Å². The number of nitrogens with zero attached hydrogens (tertiary/aromatic N) is 1. The summed E-state index contributed by atoms with van der Waals surface area (Å²) >= 11 is 0. The zero-order valence-electron chi connectivity index (χ0n) is 13.3. The van der Waals surface area contributed by atoms with E-state index < -0.39 is 0 Å². The molecule has 6 nitrogen and oxygen atoms in total. The summed E-state index contributed by atoms with van der Waals surface area (Å²) < 4.78 is 0. The minimum atomic E-state index is -0.285. The predicted molar refractivity (Wildman–Crippen MR) is 82.7 cm³/mol. The Hall–Kier alpha value is -1.43. The number of carbonyl (C=O) groups is 3. The number of likely N-dealkylation sites (tertiary alicyclic amines) is 1. The number of nitrogens with two attached hydrogens (primary N) is 1. The van der Waals surface area contributed by atoms with Crippen LogP contribution in [0.15, 0.2) is 0 Å². The second kappa shape index (κ2) is 7.72. The van der Waals surface area contributed by atoms with Gasteiger partial charge >= 0.3 is 0 Å². The Morgan fingerprint density at radius 3 is 2.36 bits per heavy atom. The van der Waals surface area contributed by atoms with Crippen molar-refractivity contribution in [2.75, 3.05) is 13.1 Å². The Bertz CT molecular complexity index is 414. The zero-order chi connectivity index (χ0) is 16.1. The fourth-order valence-corrected chi connectivity index (χ4v) is 3.50. The van der Waals surface area contributed by atoms with Crippen molar-refractivity contribution in [3.8, 4) is 0 Å². The summed E-state index contributed by atoms with van der Waals surface area (Å²) in [6.45, 7) is 2.30. The van der Waals surface area contributed by atoms with Gasteiger partial charge in [-0.1, -0.05) is 32.6 Å². The molecule has 2 rings (SSSR count). The van der Waals surface area contributed by atoms with E-state index >= 15 is 0 Å². The van der Waals surface area contributed by atoms with Crippen molar-refractivity contribution in [2.45, 2.75) is 57.9 Å². The fourth-order valence-electron chi connectivity index (χ4n) is 3.50. The SMILES string of the molecule is CCCCC(CN)NC(=O)CN1C(=O)C2CCCCC2C1=O. The van der Waals surface area contributed by atoms with Gasteiger partial charge in [0, 0.05) is 12.6 Å². The lowest BCUT2D eigenvalue weighted by Crippen LogP contribution is -2.46. The molecule has 1 saturated heterocycles. The van der Waals surface area contributed by atoms with Crippen LogP contribution in [0.1, 0.15) is 51.9 Å². The summed E-state index contributed by atoms with van der Waals surface area (Å²) in [5.74, 6) is -1.00. The van der Waals surface area contributed by atoms with E-state index in [1.165, 1.54) is 0 Å². The van der Waals surface area contributed by atoms with Crippen molar-refractivity contribution in [1.82, 2.24) is 10.2 Å². The standard InChI is InChI=1S/C16H27N3O3/c1-2-3-6-11(9-17)18-14(20)10-19-15(21)12-7-4-5-8-13(12)16(19)22/h11-13H,2-10,17H2,1H3,(H,18,20). The van der Waals surface area contributed by atoms with Crippen molar-refractivity contribution in [1.29, 1.82) is 0 Å². The first kappa shape index (κ1) is 16.9. The number of fused-ring (bicyclic) bond motifs is 1. The normalized spacial score (nSPS) is 26.0. The monoisotopic (exact) mass is 309 g/mol. The van der Waals surface area contributed by atoms with E-state index in [0.29, 0.717) is 6.54 Å². The summed E-state index contributed by atoms with van der Waals surface area (Å²) in [6.07, 6.45) is 6.39. The number of hydrogen-bond acceptors (Lipinski definition) is 4. The molecule has 2 fully saturated rings. The van der Waals surface area contributed by atoms with E-state index in [4.69, 9.17) is 5.73 Å². The molecule has 22 heavy (non-hydrogen) atoms. The van der Waals surface area contributed by atoms with Crippen molar-refractivity contribution < 1.29 is 14.4 Å². The Balaban J connectivity index is 1.90. The number of nitrogens with one attached hydrogen (secondary N) is 1. The highest BCUT2D eigenvalue weighted by Crippen LogP contribution is 2.37. The average molecular weight is 309 g/mol. The summed E-state index contributed by atoms with van der Waals surface area (Å²) in [5, 5.41) is 2.84. The van der Waals surface area contributed by atoms with Crippen LogP contribution in [0.25, 0.3) is 0 Å². The van der Waals surface area contributed by atoms with Crippen molar-refractivity contribution in [3.05, 3.63) is 0 Å². The molecule has 3 N–H and O–H groups in total. The van der Waals surface area contributed by atoms with Crippen molar-refractivity contribution in [2.24, 2.45) is 17.6 Å². The minimum Gasteiger partial charge on any atom is -0.351 e. The predicted octanol–water partition coefficient (Wildman–Crippen LogP) is 0.795. The van der Waals surface area contributed by atoms with E-state index in [1.54, 1.807) is 0 Å². The van der Waals surface area contributed by atoms with Crippen molar-refractivity contribution in [3.63, 3.8) is 0 Å². The van der Waals surface area contributed by atoms with Crippen LogP contribution in [0, 0.1) is 11.8 Å². The molecule has 6 heteroatoms. The molecule has 3 amide bonds. The third-order valence-electron chi connectivity index (χ3n) is 4.79. The van der Waals surface area contributed by atoms with Crippen LogP contribution in [0.5, 0.6) is 0 Å². The zero-order valence-corrected chi connectivity index (χ0v) is 13.3. The van der Waals surface area contributed by atoms with E-state index in [-0.39, 0.29) is 42.1 Å². The van der Waals surface area contributed by atoms with Crippen LogP contribution in [0.2, 0.25) is 0 Å². The highest BCUT2D eigenvalue weighted by Gasteiger charge is 2.48. The molecule has 1 aliphatic carbocycles. The summed E-state index contributed by atoms with van der Waals surface area (Å²) in [7, 11) is 0. The molecule has 0 aromatic rings. The molecular formula is C16H27N3O3. The topological polar surface area (TPSA) is 92.5 Å². The number of imide groups is 1. The lowest BCUT2D eigenvalue weighted by Gasteiger charge is -2.19. The average Bonchev–Trinajstić information content (AvgIpc) is 2.77. The number of unbranched alkanes of at least 4 members (excludes halogenated alkanes) is 1. The Morgan fingerprint density at radius 2 is 1.86 bits per heavy atom. The van der Waals surface area contributed by atoms with Crippen LogP contribution in [0.3, 0.4) is 0 Å². The summed E-state index contributed by atoms with van der Waals surface area (Å²) in [4.78, 5) is 37.9. The van der Waals surface area contributed by atoms with Gasteiger partial charge in [-0.25, -0.2) is 0 Å². The lowest BCUT2D eigenvalue weighted by molar-refractivity contribution is -0.143. The van der Waals surface area contributed by atoms with E-state index in [1.807, 2.05) is 0 Å². The van der Waals surface area contributed by atoms with E-state index in [9.17, 15) is 14.4 Å². The molecule has 2 aliphatic rings. The van der Waals surface area contributed by atoms with Gasteiger partial charge in [0.1, 0.15) is 6.54 Å². The second-order valence-corrected chi connectivity index (χ2v) is 6.40. The van der Waals surface area contributed by atoms with Crippen LogP contribution in [-0.4, -0.2) is 41.8 Å².